The summed E-state index contributed by atoms with van der Waals surface area (Å²) in [5.74, 6) is 0.281. The Labute approximate surface area is 110 Å². The molecule has 0 saturated heterocycles. The zero-order chi connectivity index (χ0) is 13.4. The molecule has 0 spiro atoms. The summed E-state index contributed by atoms with van der Waals surface area (Å²) in [4.78, 5) is 22.1. The molecular weight excluding hydrogens is 258 g/mol. The van der Waals surface area contributed by atoms with Crippen LogP contribution in [0.5, 0.6) is 5.75 Å². The number of para-hydroxylation sites is 1. The molecule has 0 aliphatic heterocycles. The van der Waals surface area contributed by atoms with Crippen molar-refractivity contribution in [2.24, 2.45) is 0 Å². The Morgan fingerprint density at radius 3 is 2.72 bits per heavy atom. The van der Waals surface area contributed by atoms with Gasteiger partial charge in [-0.3, -0.25) is 4.79 Å². The Bertz CT molecular complexity index is 422. The fourth-order valence-corrected chi connectivity index (χ4v) is 1.32. The number of esters is 1. The summed E-state index contributed by atoms with van der Waals surface area (Å²) in [5.41, 5.74) is 0.619. The molecule has 1 N–H and O–H groups in total. The number of alkyl carbamates (subject to hydrolysis) is 1. The van der Waals surface area contributed by atoms with E-state index in [-0.39, 0.29) is 6.61 Å². The Morgan fingerprint density at radius 2 is 2.06 bits per heavy atom. The number of alkyl halides is 1. The van der Waals surface area contributed by atoms with E-state index in [0.29, 0.717) is 23.7 Å². The summed E-state index contributed by atoms with van der Waals surface area (Å²) in [6.07, 6.45) is -0.562. The summed E-state index contributed by atoms with van der Waals surface area (Å²) < 4.78 is 9.94. The van der Waals surface area contributed by atoms with Gasteiger partial charge in [0.15, 0.2) is 0 Å². The van der Waals surface area contributed by atoms with Crippen molar-refractivity contribution in [3.63, 3.8) is 0 Å². The van der Waals surface area contributed by atoms with E-state index in [1.165, 1.54) is 6.92 Å². The molecule has 0 aliphatic rings. The van der Waals surface area contributed by atoms with Crippen LogP contribution >= 0.6 is 11.6 Å². The first-order valence-corrected chi connectivity index (χ1v) is 5.90. The Morgan fingerprint density at radius 1 is 1.33 bits per heavy atom. The standard InChI is InChI=1S/C12H14ClNO4/c1-9(15)18-11-5-3-2-4-10(11)8-17-12(16)14-7-6-13/h2-5H,6-8H2,1H3,(H,14,16). The van der Waals surface area contributed by atoms with Crippen molar-refractivity contribution in [2.45, 2.75) is 13.5 Å². The molecule has 1 aromatic carbocycles. The number of hydrogen-bond donors (Lipinski definition) is 1. The molecule has 0 atom stereocenters. The van der Waals surface area contributed by atoms with Crippen molar-refractivity contribution >= 4 is 23.7 Å². The fourth-order valence-electron chi connectivity index (χ4n) is 1.22. The van der Waals surface area contributed by atoms with Crippen LogP contribution in [-0.2, 0) is 16.1 Å². The van der Waals surface area contributed by atoms with Gasteiger partial charge in [0.2, 0.25) is 0 Å². The lowest BCUT2D eigenvalue weighted by molar-refractivity contribution is -0.131. The van der Waals surface area contributed by atoms with Crippen molar-refractivity contribution in [3.05, 3.63) is 29.8 Å². The maximum atomic E-state index is 11.2. The van der Waals surface area contributed by atoms with Crippen LogP contribution in [0.4, 0.5) is 4.79 Å². The highest BCUT2D eigenvalue weighted by molar-refractivity contribution is 6.18. The highest BCUT2D eigenvalue weighted by Crippen LogP contribution is 2.18. The van der Waals surface area contributed by atoms with Gasteiger partial charge in [0.05, 0.1) is 0 Å². The van der Waals surface area contributed by atoms with Gasteiger partial charge in [-0.05, 0) is 6.07 Å². The van der Waals surface area contributed by atoms with Gasteiger partial charge in [0.25, 0.3) is 0 Å². The van der Waals surface area contributed by atoms with Crippen molar-refractivity contribution < 1.29 is 19.1 Å². The monoisotopic (exact) mass is 271 g/mol. The highest BCUT2D eigenvalue weighted by atomic mass is 35.5. The smallest absolute Gasteiger partial charge is 0.407 e. The molecule has 0 heterocycles. The largest absolute Gasteiger partial charge is 0.445 e. The van der Waals surface area contributed by atoms with E-state index < -0.39 is 12.1 Å². The molecule has 6 heteroatoms. The summed E-state index contributed by atoms with van der Waals surface area (Å²) in [6.45, 7) is 1.67. The van der Waals surface area contributed by atoms with Crippen molar-refractivity contribution in [3.8, 4) is 5.75 Å². The number of halogens is 1. The Hall–Kier alpha value is -1.75. The van der Waals surface area contributed by atoms with E-state index in [0.717, 1.165) is 0 Å². The SMILES string of the molecule is CC(=O)Oc1ccccc1COC(=O)NCCCl. The van der Waals surface area contributed by atoms with Gasteiger partial charge in [-0.2, -0.15) is 0 Å². The second-order valence-electron chi connectivity index (χ2n) is 3.39. The van der Waals surface area contributed by atoms with Gasteiger partial charge in [-0.15, -0.1) is 11.6 Å². The molecule has 0 unspecified atom stereocenters. The molecule has 0 saturated carbocycles. The molecule has 0 bridgehead atoms. The van der Waals surface area contributed by atoms with Crippen LogP contribution < -0.4 is 10.1 Å². The molecule has 1 rings (SSSR count). The lowest BCUT2D eigenvalue weighted by atomic mass is 10.2. The van der Waals surface area contributed by atoms with E-state index in [9.17, 15) is 9.59 Å². The maximum Gasteiger partial charge on any atom is 0.407 e. The number of nitrogens with one attached hydrogen (secondary N) is 1. The van der Waals surface area contributed by atoms with Crippen molar-refractivity contribution in [1.29, 1.82) is 0 Å². The minimum Gasteiger partial charge on any atom is -0.445 e. The minimum atomic E-state index is -0.562. The van der Waals surface area contributed by atoms with Gasteiger partial charge >= 0.3 is 12.1 Å². The lowest BCUT2D eigenvalue weighted by Gasteiger charge is -2.09. The first kappa shape index (κ1) is 14.3. The first-order valence-electron chi connectivity index (χ1n) is 5.36. The van der Waals surface area contributed by atoms with Gasteiger partial charge in [-0.25, -0.2) is 4.79 Å². The number of rotatable bonds is 5. The number of carbonyl (C=O) groups is 2. The van der Waals surface area contributed by atoms with Crippen LogP contribution in [0.1, 0.15) is 12.5 Å². The second kappa shape index (κ2) is 7.55. The van der Waals surface area contributed by atoms with Gasteiger partial charge in [-0.1, -0.05) is 18.2 Å². The first-order chi connectivity index (χ1) is 8.63. The normalized spacial score (nSPS) is 9.67. The van der Waals surface area contributed by atoms with Crippen molar-refractivity contribution in [2.75, 3.05) is 12.4 Å². The number of amides is 1. The molecule has 1 amide bonds. The molecule has 1 aromatic rings. The third-order valence-electron chi connectivity index (χ3n) is 1.95. The van der Waals surface area contributed by atoms with Crippen LogP contribution in [0.2, 0.25) is 0 Å². The van der Waals surface area contributed by atoms with Gasteiger partial charge in [0, 0.05) is 24.9 Å². The molecule has 0 aliphatic carbocycles. The predicted molar refractivity (Wildman–Crippen MR) is 66.7 cm³/mol. The maximum absolute atomic E-state index is 11.2. The van der Waals surface area contributed by atoms with E-state index in [1.807, 2.05) is 0 Å². The topological polar surface area (TPSA) is 64.6 Å². The summed E-state index contributed by atoms with van der Waals surface area (Å²) in [7, 11) is 0. The summed E-state index contributed by atoms with van der Waals surface area (Å²) in [6, 6.07) is 6.85. The molecule has 18 heavy (non-hydrogen) atoms. The third-order valence-corrected chi connectivity index (χ3v) is 2.14. The number of benzene rings is 1. The van der Waals surface area contributed by atoms with Gasteiger partial charge in [0.1, 0.15) is 12.4 Å². The summed E-state index contributed by atoms with van der Waals surface area (Å²) in [5, 5.41) is 2.46. The molecule has 5 nitrogen and oxygen atoms in total. The van der Waals surface area contributed by atoms with Gasteiger partial charge < -0.3 is 14.8 Å². The van der Waals surface area contributed by atoms with Crippen LogP contribution in [0.25, 0.3) is 0 Å². The second-order valence-corrected chi connectivity index (χ2v) is 3.77. The van der Waals surface area contributed by atoms with Crippen LogP contribution in [-0.4, -0.2) is 24.5 Å². The number of ether oxygens (including phenoxy) is 2. The van der Waals surface area contributed by atoms with E-state index in [1.54, 1.807) is 24.3 Å². The molecule has 0 aromatic heterocycles. The zero-order valence-electron chi connectivity index (χ0n) is 9.94. The third kappa shape index (κ3) is 5.05. The predicted octanol–water partition coefficient (Wildman–Crippen LogP) is 2.08. The van der Waals surface area contributed by atoms with E-state index in [4.69, 9.17) is 21.1 Å². The van der Waals surface area contributed by atoms with E-state index in [2.05, 4.69) is 5.32 Å². The molecular formula is C12H14ClNO4. The minimum absolute atomic E-state index is 0.0254. The van der Waals surface area contributed by atoms with Crippen LogP contribution in [0.3, 0.4) is 0 Å². The quantitative estimate of drug-likeness (QED) is 0.506. The zero-order valence-corrected chi connectivity index (χ0v) is 10.7. The Balaban J connectivity index is 2.55. The van der Waals surface area contributed by atoms with Crippen LogP contribution in [0, 0.1) is 0 Å². The number of hydrogen-bond acceptors (Lipinski definition) is 4. The van der Waals surface area contributed by atoms with Crippen molar-refractivity contribution in [1.82, 2.24) is 5.32 Å². The van der Waals surface area contributed by atoms with Crippen LogP contribution in [0.15, 0.2) is 24.3 Å². The molecule has 98 valence electrons. The highest BCUT2D eigenvalue weighted by Gasteiger charge is 2.08. The Kier molecular flexibility index (Phi) is 6.00. The van der Waals surface area contributed by atoms with E-state index >= 15 is 0 Å². The molecule has 0 radical (unpaired) electrons. The average molecular weight is 272 g/mol. The lowest BCUT2D eigenvalue weighted by Crippen LogP contribution is -2.26. The average Bonchev–Trinajstić information content (AvgIpc) is 2.34. The molecule has 0 fully saturated rings. The number of carbonyl (C=O) groups excluding carboxylic acids is 2. The fraction of sp³-hybridized carbons (Fsp3) is 0.333. The summed E-state index contributed by atoms with van der Waals surface area (Å²) >= 11 is 5.42.